The van der Waals surface area contributed by atoms with Gasteiger partial charge in [-0.15, -0.1) is 11.3 Å². The zero-order valence-electron chi connectivity index (χ0n) is 15.8. The second kappa shape index (κ2) is 8.80. The SMILES string of the molecule is CCCCCN1C(=O)C(=O)/C(=C(\O)c2ccc(Cl)c(OC)c2)C1c1cccs1. The van der Waals surface area contributed by atoms with Crippen LogP contribution in [0, 0.1) is 0 Å². The summed E-state index contributed by atoms with van der Waals surface area (Å²) in [6.07, 6.45) is 2.78. The Hall–Kier alpha value is -2.31. The number of Topliss-reactive ketones (excluding diaryl/α,β-unsaturated/α-hetero) is 1. The summed E-state index contributed by atoms with van der Waals surface area (Å²) in [7, 11) is 1.48. The number of unbranched alkanes of at least 4 members (excludes halogenated alkanes) is 2. The summed E-state index contributed by atoms with van der Waals surface area (Å²) >= 11 is 7.52. The van der Waals surface area contributed by atoms with Gasteiger partial charge in [0.05, 0.1) is 23.7 Å². The summed E-state index contributed by atoms with van der Waals surface area (Å²) in [5.41, 5.74) is 0.489. The molecule has 0 spiro atoms. The molecule has 5 nitrogen and oxygen atoms in total. The number of halogens is 1. The fourth-order valence-corrected chi connectivity index (χ4v) is 4.39. The van der Waals surface area contributed by atoms with Gasteiger partial charge in [0.2, 0.25) is 0 Å². The lowest BCUT2D eigenvalue weighted by Gasteiger charge is -2.24. The minimum Gasteiger partial charge on any atom is -0.507 e. The Morgan fingerprint density at radius 3 is 2.71 bits per heavy atom. The normalized spacial score (nSPS) is 18.7. The summed E-state index contributed by atoms with van der Waals surface area (Å²) in [6.45, 7) is 2.56. The highest BCUT2D eigenvalue weighted by Crippen LogP contribution is 2.41. The van der Waals surface area contributed by atoms with Crippen LogP contribution < -0.4 is 4.74 Å². The smallest absolute Gasteiger partial charge is 0.295 e. The van der Waals surface area contributed by atoms with Crippen molar-refractivity contribution < 1.29 is 19.4 Å². The van der Waals surface area contributed by atoms with Gasteiger partial charge < -0.3 is 14.7 Å². The van der Waals surface area contributed by atoms with Crippen LogP contribution in [0.15, 0.2) is 41.3 Å². The van der Waals surface area contributed by atoms with E-state index >= 15 is 0 Å². The molecule has 1 atom stereocenters. The molecule has 3 rings (SSSR count). The van der Waals surface area contributed by atoms with Gasteiger partial charge in [0, 0.05) is 17.0 Å². The minimum absolute atomic E-state index is 0.105. The molecule has 2 aromatic rings. The number of aliphatic hydroxyl groups is 1. The predicted octanol–water partition coefficient (Wildman–Crippen LogP) is 5.02. The number of methoxy groups -OCH3 is 1. The molecular weight excluding hydrogens is 398 g/mol. The Morgan fingerprint density at radius 1 is 1.29 bits per heavy atom. The topological polar surface area (TPSA) is 66.8 Å². The molecule has 7 heteroatoms. The number of rotatable bonds is 7. The largest absolute Gasteiger partial charge is 0.507 e. The van der Waals surface area contributed by atoms with E-state index in [1.54, 1.807) is 23.1 Å². The van der Waals surface area contributed by atoms with E-state index < -0.39 is 17.7 Å². The van der Waals surface area contributed by atoms with Crippen molar-refractivity contribution in [2.75, 3.05) is 13.7 Å². The van der Waals surface area contributed by atoms with Crippen molar-refractivity contribution in [1.82, 2.24) is 4.90 Å². The Kier molecular flexibility index (Phi) is 6.42. The number of hydrogen-bond donors (Lipinski definition) is 1. The second-order valence-corrected chi connectivity index (χ2v) is 7.95. The summed E-state index contributed by atoms with van der Waals surface area (Å²) in [5.74, 6) is -1.07. The van der Waals surface area contributed by atoms with Crippen LogP contribution in [0.3, 0.4) is 0 Å². The maximum Gasteiger partial charge on any atom is 0.295 e. The molecule has 0 saturated carbocycles. The lowest BCUT2D eigenvalue weighted by molar-refractivity contribution is -0.139. The highest BCUT2D eigenvalue weighted by Gasteiger charge is 2.46. The highest BCUT2D eigenvalue weighted by atomic mass is 35.5. The molecule has 1 saturated heterocycles. The first-order valence-corrected chi connectivity index (χ1v) is 10.4. The zero-order valence-corrected chi connectivity index (χ0v) is 17.3. The molecule has 0 radical (unpaired) electrons. The molecule has 1 amide bonds. The number of aliphatic hydroxyl groups excluding tert-OH is 1. The number of ketones is 1. The molecule has 28 heavy (non-hydrogen) atoms. The van der Waals surface area contributed by atoms with Gasteiger partial charge in [-0.25, -0.2) is 0 Å². The summed E-state index contributed by atoms with van der Waals surface area (Å²) in [6, 6.07) is 7.93. The van der Waals surface area contributed by atoms with Crippen molar-refractivity contribution in [2.45, 2.75) is 32.2 Å². The quantitative estimate of drug-likeness (QED) is 0.296. The van der Waals surface area contributed by atoms with Gasteiger partial charge in [-0.2, -0.15) is 0 Å². The monoisotopic (exact) mass is 419 g/mol. The van der Waals surface area contributed by atoms with Crippen LogP contribution in [0.4, 0.5) is 0 Å². The Bertz CT molecular complexity index is 907. The van der Waals surface area contributed by atoms with E-state index in [0.717, 1.165) is 24.1 Å². The predicted molar refractivity (Wildman–Crippen MR) is 111 cm³/mol. The molecule has 1 aromatic carbocycles. The second-order valence-electron chi connectivity index (χ2n) is 6.56. The van der Waals surface area contributed by atoms with Crippen LogP contribution in [0.5, 0.6) is 5.75 Å². The number of amides is 1. The number of ether oxygens (including phenoxy) is 1. The number of hydrogen-bond acceptors (Lipinski definition) is 5. The number of benzene rings is 1. The number of nitrogens with zero attached hydrogens (tertiary/aromatic N) is 1. The van der Waals surface area contributed by atoms with Gasteiger partial charge in [-0.3, -0.25) is 9.59 Å². The Morgan fingerprint density at radius 2 is 2.07 bits per heavy atom. The summed E-state index contributed by atoms with van der Waals surface area (Å²) < 4.78 is 5.21. The molecule has 2 heterocycles. The third kappa shape index (κ3) is 3.80. The van der Waals surface area contributed by atoms with Gasteiger partial charge in [0.15, 0.2) is 0 Å². The first kappa shape index (κ1) is 20.4. The standard InChI is InChI=1S/C21H22ClNO4S/c1-3-4-5-10-23-18(16-7-6-11-28-16)17(20(25)21(23)26)19(24)13-8-9-14(22)15(12-13)27-2/h6-9,11-12,18,24H,3-5,10H2,1-2H3/b19-17-. The van der Waals surface area contributed by atoms with Gasteiger partial charge in [0.25, 0.3) is 11.7 Å². The molecule has 1 aliphatic rings. The van der Waals surface area contributed by atoms with Crippen molar-refractivity contribution in [3.63, 3.8) is 0 Å². The van der Waals surface area contributed by atoms with Crippen molar-refractivity contribution in [3.05, 3.63) is 56.7 Å². The summed E-state index contributed by atoms with van der Waals surface area (Å²) in [4.78, 5) is 28.0. The van der Waals surface area contributed by atoms with E-state index in [1.807, 2.05) is 17.5 Å². The molecule has 1 fully saturated rings. The molecule has 0 aliphatic carbocycles. The first-order valence-electron chi connectivity index (χ1n) is 9.15. The molecule has 0 bridgehead atoms. The molecular formula is C21H22ClNO4S. The number of likely N-dealkylation sites (tertiary alicyclic amines) is 1. The van der Waals surface area contributed by atoms with Crippen molar-refractivity contribution in [2.24, 2.45) is 0 Å². The van der Waals surface area contributed by atoms with E-state index in [0.29, 0.717) is 22.9 Å². The van der Waals surface area contributed by atoms with E-state index in [-0.39, 0.29) is 11.3 Å². The van der Waals surface area contributed by atoms with Gasteiger partial charge >= 0.3 is 0 Å². The van der Waals surface area contributed by atoms with E-state index in [9.17, 15) is 14.7 Å². The van der Waals surface area contributed by atoms with E-state index in [2.05, 4.69) is 6.92 Å². The van der Waals surface area contributed by atoms with Crippen LogP contribution in [0.25, 0.3) is 5.76 Å². The average molecular weight is 420 g/mol. The minimum atomic E-state index is -0.665. The average Bonchev–Trinajstić information content (AvgIpc) is 3.30. The van der Waals surface area contributed by atoms with Crippen molar-refractivity contribution in [1.29, 1.82) is 0 Å². The Balaban J connectivity index is 2.09. The van der Waals surface area contributed by atoms with Gasteiger partial charge in [-0.05, 0) is 36.1 Å². The van der Waals surface area contributed by atoms with Crippen LogP contribution in [-0.4, -0.2) is 35.4 Å². The lowest BCUT2D eigenvalue weighted by atomic mass is 9.99. The van der Waals surface area contributed by atoms with Crippen molar-refractivity contribution >= 4 is 40.4 Å². The van der Waals surface area contributed by atoms with E-state index in [4.69, 9.17) is 16.3 Å². The zero-order chi connectivity index (χ0) is 20.3. The number of carbonyl (C=O) groups excluding carboxylic acids is 2. The molecule has 1 unspecified atom stereocenters. The maximum atomic E-state index is 12.8. The van der Waals surface area contributed by atoms with Crippen molar-refractivity contribution in [3.8, 4) is 5.75 Å². The van der Waals surface area contributed by atoms with Crippen LogP contribution in [-0.2, 0) is 9.59 Å². The van der Waals surface area contributed by atoms with Crippen LogP contribution >= 0.6 is 22.9 Å². The maximum absolute atomic E-state index is 12.8. The number of thiophene rings is 1. The van der Waals surface area contributed by atoms with Gasteiger partial charge in [0.1, 0.15) is 11.5 Å². The van der Waals surface area contributed by atoms with Crippen LogP contribution in [0.2, 0.25) is 5.02 Å². The van der Waals surface area contributed by atoms with Gasteiger partial charge in [-0.1, -0.05) is 37.4 Å². The van der Waals surface area contributed by atoms with E-state index in [1.165, 1.54) is 18.4 Å². The van der Waals surface area contributed by atoms with Crippen LogP contribution in [0.1, 0.15) is 42.7 Å². The third-order valence-corrected chi connectivity index (χ3v) is 6.02. The Labute approximate surface area is 173 Å². The lowest BCUT2D eigenvalue weighted by Crippen LogP contribution is -2.30. The molecule has 148 valence electrons. The summed E-state index contributed by atoms with van der Waals surface area (Å²) in [5, 5.41) is 13.3. The fourth-order valence-electron chi connectivity index (χ4n) is 3.35. The third-order valence-electron chi connectivity index (χ3n) is 4.78. The first-order chi connectivity index (χ1) is 13.5. The fraction of sp³-hybridized carbons (Fsp3) is 0.333. The highest BCUT2D eigenvalue weighted by molar-refractivity contribution is 7.10. The molecule has 1 N–H and O–H groups in total. The number of carbonyl (C=O) groups is 2. The molecule has 1 aliphatic heterocycles. The molecule has 1 aromatic heterocycles.